The summed E-state index contributed by atoms with van der Waals surface area (Å²) < 4.78 is 0.794. The highest BCUT2D eigenvalue weighted by Crippen LogP contribution is 2.28. The first-order chi connectivity index (χ1) is 15.3. The summed E-state index contributed by atoms with van der Waals surface area (Å²) >= 11 is 9.78. The first kappa shape index (κ1) is 22.0. The summed E-state index contributed by atoms with van der Waals surface area (Å²) in [6, 6.07) is 19.4. The molecule has 0 radical (unpaired) electrons. The monoisotopic (exact) mass is 508 g/mol. The number of carbonyl (C=O) groups is 3. The Morgan fingerprint density at radius 1 is 0.969 bits per heavy atom. The number of urea groups is 1. The highest BCUT2D eigenvalue weighted by Gasteiger charge is 2.37. The van der Waals surface area contributed by atoms with E-state index in [1.54, 1.807) is 25.1 Å². The summed E-state index contributed by atoms with van der Waals surface area (Å²) in [6.45, 7) is 1.80. The molecule has 160 valence electrons. The molecule has 3 aromatic rings. The molecule has 1 heterocycles. The second-order valence-corrected chi connectivity index (χ2v) is 8.68. The van der Waals surface area contributed by atoms with E-state index in [0.717, 1.165) is 26.1 Å². The summed E-state index contributed by atoms with van der Waals surface area (Å²) in [4.78, 5) is 39.3. The van der Waals surface area contributed by atoms with E-state index >= 15 is 0 Å². The van der Waals surface area contributed by atoms with Crippen molar-refractivity contribution in [1.82, 2.24) is 5.32 Å². The Morgan fingerprint density at radius 3 is 2.44 bits per heavy atom. The average molecular weight is 510 g/mol. The lowest BCUT2D eigenvalue weighted by Crippen LogP contribution is -2.54. The van der Waals surface area contributed by atoms with Gasteiger partial charge in [-0.1, -0.05) is 70.0 Å². The molecule has 4 rings (SSSR count). The highest BCUT2D eigenvalue weighted by molar-refractivity contribution is 9.10. The summed E-state index contributed by atoms with van der Waals surface area (Å²) in [5, 5.41) is 2.91. The number of anilines is 1. The van der Waals surface area contributed by atoms with Crippen LogP contribution in [0.5, 0.6) is 0 Å². The van der Waals surface area contributed by atoms with Gasteiger partial charge in [-0.25, -0.2) is 9.69 Å². The molecule has 0 atom stereocenters. The zero-order chi connectivity index (χ0) is 22.8. The van der Waals surface area contributed by atoms with E-state index in [0.29, 0.717) is 22.7 Å². The van der Waals surface area contributed by atoms with Gasteiger partial charge in [-0.15, -0.1) is 0 Å². The van der Waals surface area contributed by atoms with E-state index in [4.69, 9.17) is 11.6 Å². The second kappa shape index (κ2) is 9.10. The summed E-state index contributed by atoms with van der Waals surface area (Å²) in [5.41, 5.74) is 3.54. The number of hydrogen-bond acceptors (Lipinski definition) is 3. The molecule has 3 aromatic carbocycles. The number of hydrogen-bond donors (Lipinski definition) is 1. The molecular formula is C25H18BrClN2O3. The molecule has 32 heavy (non-hydrogen) atoms. The molecule has 7 heteroatoms. The minimum absolute atomic E-state index is 0.119. The van der Waals surface area contributed by atoms with Crippen molar-refractivity contribution in [3.8, 4) is 0 Å². The molecule has 1 fully saturated rings. The quantitative estimate of drug-likeness (QED) is 0.364. The van der Waals surface area contributed by atoms with Crippen molar-refractivity contribution in [3.05, 3.63) is 104 Å². The third-order valence-electron chi connectivity index (χ3n) is 5.20. The van der Waals surface area contributed by atoms with Gasteiger partial charge >= 0.3 is 6.03 Å². The number of nitrogens with zero attached hydrogens (tertiary/aromatic N) is 1. The maximum absolute atomic E-state index is 13.3. The van der Waals surface area contributed by atoms with Gasteiger partial charge in [0.05, 0.1) is 5.69 Å². The molecule has 1 aliphatic rings. The SMILES string of the molecule is Cc1ccccc1N1C(=O)NC(=O)/C(=C\c2cc(Br)ccc2Cc2ccccc2Cl)C1=O. The van der Waals surface area contributed by atoms with E-state index in [9.17, 15) is 14.4 Å². The van der Waals surface area contributed by atoms with E-state index in [1.807, 2.05) is 48.5 Å². The van der Waals surface area contributed by atoms with Crippen molar-refractivity contribution in [3.63, 3.8) is 0 Å². The topological polar surface area (TPSA) is 66.5 Å². The Hall–Kier alpha value is -3.22. The highest BCUT2D eigenvalue weighted by atomic mass is 79.9. The number of nitrogens with one attached hydrogen (secondary N) is 1. The predicted molar refractivity (Wildman–Crippen MR) is 129 cm³/mol. The van der Waals surface area contributed by atoms with Crippen LogP contribution in [0.15, 0.2) is 76.8 Å². The lowest BCUT2D eigenvalue weighted by molar-refractivity contribution is -0.122. The molecule has 0 spiro atoms. The number of halogens is 2. The average Bonchev–Trinajstić information content (AvgIpc) is 2.75. The standard InChI is InChI=1S/C25H18BrClN2O3/c1-15-6-2-5-9-22(15)29-24(31)20(23(30)28-25(29)32)14-18-13-19(26)11-10-16(18)12-17-7-3-4-8-21(17)27/h2-11,13-14H,12H2,1H3,(H,28,30,32)/b20-14+. The number of benzene rings is 3. The van der Waals surface area contributed by atoms with Crippen LogP contribution in [0.1, 0.15) is 22.3 Å². The van der Waals surface area contributed by atoms with Crippen LogP contribution in [0, 0.1) is 6.92 Å². The van der Waals surface area contributed by atoms with Crippen LogP contribution in [-0.4, -0.2) is 17.8 Å². The summed E-state index contributed by atoms with van der Waals surface area (Å²) in [6.07, 6.45) is 2.04. The Morgan fingerprint density at radius 2 is 1.69 bits per heavy atom. The van der Waals surface area contributed by atoms with Gasteiger partial charge in [0.2, 0.25) is 0 Å². The first-order valence-corrected chi connectivity index (χ1v) is 11.0. The third-order valence-corrected chi connectivity index (χ3v) is 6.07. The van der Waals surface area contributed by atoms with Gasteiger partial charge in [0.1, 0.15) is 5.57 Å². The molecule has 0 saturated carbocycles. The van der Waals surface area contributed by atoms with Crippen LogP contribution in [0.25, 0.3) is 6.08 Å². The lowest BCUT2D eigenvalue weighted by Gasteiger charge is -2.27. The normalized spacial score (nSPS) is 15.3. The molecular weight excluding hydrogens is 492 g/mol. The second-order valence-electron chi connectivity index (χ2n) is 7.36. The smallest absolute Gasteiger partial charge is 0.273 e. The molecule has 4 amide bonds. The van der Waals surface area contributed by atoms with Crippen molar-refractivity contribution in [1.29, 1.82) is 0 Å². The molecule has 0 aliphatic carbocycles. The van der Waals surface area contributed by atoms with Gasteiger partial charge in [0, 0.05) is 9.50 Å². The van der Waals surface area contributed by atoms with Crippen molar-refractivity contribution < 1.29 is 14.4 Å². The predicted octanol–water partition coefficient (Wildman–Crippen LogP) is 5.67. The van der Waals surface area contributed by atoms with Crippen molar-refractivity contribution in [2.75, 3.05) is 4.90 Å². The van der Waals surface area contributed by atoms with Crippen LogP contribution >= 0.6 is 27.5 Å². The fourth-order valence-electron chi connectivity index (χ4n) is 3.55. The third kappa shape index (κ3) is 4.38. The number of carbonyl (C=O) groups excluding carboxylic acids is 3. The van der Waals surface area contributed by atoms with Gasteiger partial charge in [-0.05, 0) is 65.9 Å². The molecule has 5 nitrogen and oxygen atoms in total. The molecule has 1 aliphatic heterocycles. The van der Waals surface area contributed by atoms with Crippen LogP contribution < -0.4 is 10.2 Å². The van der Waals surface area contributed by atoms with E-state index in [2.05, 4.69) is 21.2 Å². The van der Waals surface area contributed by atoms with E-state index < -0.39 is 17.8 Å². The van der Waals surface area contributed by atoms with E-state index in [1.165, 1.54) is 6.08 Å². The molecule has 1 N–H and O–H groups in total. The Labute approximate surface area is 198 Å². The number of aryl methyl sites for hydroxylation is 1. The molecule has 0 unspecified atom stereocenters. The maximum Gasteiger partial charge on any atom is 0.335 e. The zero-order valence-corrected chi connectivity index (χ0v) is 19.4. The minimum atomic E-state index is -0.767. The largest absolute Gasteiger partial charge is 0.335 e. The fourth-order valence-corrected chi connectivity index (χ4v) is 4.14. The Kier molecular flexibility index (Phi) is 6.26. The maximum atomic E-state index is 13.3. The van der Waals surface area contributed by atoms with Gasteiger partial charge < -0.3 is 0 Å². The number of rotatable bonds is 4. The van der Waals surface area contributed by atoms with E-state index in [-0.39, 0.29) is 5.57 Å². The van der Waals surface area contributed by atoms with Gasteiger partial charge in [0.25, 0.3) is 11.8 Å². The van der Waals surface area contributed by atoms with Gasteiger partial charge in [-0.3, -0.25) is 14.9 Å². The van der Waals surface area contributed by atoms with Crippen molar-refractivity contribution in [2.24, 2.45) is 0 Å². The number of para-hydroxylation sites is 1. The van der Waals surface area contributed by atoms with Crippen LogP contribution in [0.4, 0.5) is 10.5 Å². The van der Waals surface area contributed by atoms with Crippen LogP contribution in [0.3, 0.4) is 0 Å². The molecule has 1 saturated heterocycles. The number of amides is 4. The Bertz CT molecular complexity index is 1290. The van der Waals surface area contributed by atoms with Crippen molar-refractivity contribution in [2.45, 2.75) is 13.3 Å². The fraction of sp³-hybridized carbons (Fsp3) is 0.0800. The summed E-state index contributed by atoms with van der Waals surface area (Å²) in [5.74, 6) is -1.40. The molecule has 0 aromatic heterocycles. The lowest BCUT2D eigenvalue weighted by atomic mass is 9.97. The van der Waals surface area contributed by atoms with Gasteiger partial charge in [0.15, 0.2) is 0 Å². The minimum Gasteiger partial charge on any atom is -0.273 e. The Balaban J connectivity index is 1.77. The molecule has 0 bridgehead atoms. The van der Waals surface area contributed by atoms with Crippen LogP contribution in [-0.2, 0) is 16.0 Å². The summed E-state index contributed by atoms with van der Waals surface area (Å²) in [7, 11) is 0. The zero-order valence-electron chi connectivity index (χ0n) is 17.1. The van der Waals surface area contributed by atoms with Gasteiger partial charge in [-0.2, -0.15) is 0 Å². The van der Waals surface area contributed by atoms with Crippen molar-refractivity contribution >= 4 is 57.1 Å². The number of barbiturate groups is 1. The van der Waals surface area contributed by atoms with Crippen LogP contribution in [0.2, 0.25) is 5.02 Å². The first-order valence-electron chi connectivity index (χ1n) is 9.84. The number of imide groups is 2.